The molecule has 0 aromatic heterocycles. The highest BCUT2D eigenvalue weighted by atomic mass is 14.9. The van der Waals surface area contributed by atoms with Crippen molar-refractivity contribution in [1.29, 1.82) is 0 Å². The summed E-state index contributed by atoms with van der Waals surface area (Å²) in [4.78, 5) is 0. The first-order valence-corrected chi connectivity index (χ1v) is 7.03. The molecule has 1 heterocycles. The van der Waals surface area contributed by atoms with Crippen LogP contribution < -0.4 is 5.32 Å². The highest BCUT2D eigenvalue weighted by molar-refractivity contribution is 5.64. The molecule has 19 heavy (non-hydrogen) atoms. The van der Waals surface area contributed by atoms with Gasteiger partial charge in [-0.05, 0) is 37.0 Å². The van der Waals surface area contributed by atoms with Gasteiger partial charge in [-0.2, -0.15) is 0 Å². The van der Waals surface area contributed by atoms with Gasteiger partial charge in [0.25, 0.3) is 0 Å². The number of anilines is 1. The van der Waals surface area contributed by atoms with Crippen molar-refractivity contribution in [3.8, 4) is 0 Å². The molecule has 1 aliphatic rings. The van der Waals surface area contributed by atoms with Gasteiger partial charge in [0, 0.05) is 17.1 Å². The van der Waals surface area contributed by atoms with Crippen molar-refractivity contribution in [3.63, 3.8) is 0 Å². The van der Waals surface area contributed by atoms with Crippen molar-refractivity contribution in [2.24, 2.45) is 0 Å². The maximum absolute atomic E-state index is 3.65. The van der Waals surface area contributed by atoms with Crippen LogP contribution in [0.15, 0.2) is 48.5 Å². The van der Waals surface area contributed by atoms with Gasteiger partial charge in [0.2, 0.25) is 0 Å². The van der Waals surface area contributed by atoms with Crippen molar-refractivity contribution >= 4 is 5.69 Å². The van der Waals surface area contributed by atoms with E-state index in [2.05, 4.69) is 74.6 Å². The third-order valence-electron chi connectivity index (χ3n) is 4.38. The SMILES string of the molecule is Cc1cccc2c1NC(C)CC2(C)c1ccccc1. The number of fused-ring (bicyclic) bond motifs is 1. The topological polar surface area (TPSA) is 12.0 Å². The summed E-state index contributed by atoms with van der Waals surface area (Å²) in [6, 6.07) is 18.0. The molecule has 2 atom stereocenters. The zero-order valence-corrected chi connectivity index (χ0v) is 11.9. The second-order valence-electron chi connectivity index (χ2n) is 5.95. The lowest BCUT2D eigenvalue weighted by Gasteiger charge is -2.41. The highest BCUT2D eigenvalue weighted by Gasteiger charge is 2.36. The number of hydrogen-bond acceptors (Lipinski definition) is 1. The van der Waals surface area contributed by atoms with Crippen LogP contribution in [0.2, 0.25) is 0 Å². The van der Waals surface area contributed by atoms with Crippen LogP contribution in [0, 0.1) is 6.92 Å². The number of rotatable bonds is 1. The maximum atomic E-state index is 3.65. The van der Waals surface area contributed by atoms with Gasteiger partial charge < -0.3 is 5.32 Å². The molecule has 2 unspecified atom stereocenters. The van der Waals surface area contributed by atoms with Crippen LogP contribution in [0.25, 0.3) is 0 Å². The van der Waals surface area contributed by atoms with Crippen molar-refractivity contribution in [3.05, 3.63) is 65.2 Å². The Balaban J connectivity index is 2.21. The Kier molecular flexibility index (Phi) is 2.85. The van der Waals surface area contributed by atoms with Gasteiger partial charge in [-0.15, -0.1) is 0 Å². The molecule has 0 saturated heterocycles. The van der Waals surface area contributed by atoms with E-state index in [1.54, 1.807) is 0 Å². The number of benzene rings is 2. The summed E-state index contributed by atoms with van der Waals surface area (Å²) < 4.78 is 0. The summed E-state index contributed by atoms with van der Waals surface area (Å²) in [7, 11) is 0. The van der Waals surface area contributed by atoms with Crippen LogP contribution in [0.1, 0.15) is 37.0 Å². The van der Waals surface area contributed by atoms with E-state index in [-0.39, 0.29) is 5.41 Å². The Labute approximate surface area is 115 Å². The Hall–Kier alpha value is -1.76. The highest BCUT2D eigenvalue weighted by Crippen LogP contribution is 2.44. The Bertz CT molecular complexity index is 588. The summed E-state index contributed by atoms with van der Waals surface area (Å²) in [5, 5.41) is 3.65. The van der Waals surface area contributed by atoms with Gasteiger partial charge in [-0.3, -0.25) is 0 Å². The summed E-state index contributed by atoms with van der Waals surface area (Å²) in [5.41, 5.74) is 5.61. The van der Waals surface area contributed by atoms with Crippen LogP contribution in [-0.2, 0) is 5.41 Å². The molecule has 0 spiro atoms. The van der Waals surface area contributed by atoms with Gasteiger partial charge in [0.15, 0.2) is 0 Å². The van der Waals surface area contributed by atoms with Crippen LogP contribution >= 0.6 is 0 Å². The zero-order chi connectivity index (χ0) is 13.5. The van der Waals surface area contributed by atoms with E-state index >= 15 is 0 Å². The first kappa shape index (κ1) is 12.3. The fraction of sp³-hybridized carbons (Fsp3) is 0.333. The van der Waals surface area contributed by atoms with Gasteiger partial charge in [-0.25, -0.2) is 0 Å². The minimum Gasteiger partial charge on any atom is -0.382 e. The summed E-state index contributed by atoms with van der Waals surface area (Å²) >= 11 is 0. The number of hydrogen-bond donors (Lipinski definition) is 1. The molecule has 0 bridgehead atoms. The molecule has 0 fully saturated rings. The molecule has 2 aromatic carbocycles. The minimum atomic E-state index is 0.104. The van der Waals surface area contributed by atoms with E-state index in [1.807, 2.05) is 0 Å². The smallest absolute Gasteiger partial charge is 0.0413 e. The first-order valence-electron chi connectivity index (χ1n) is 7.03. The quantitative estimate of drug-likeness (QED) is 0.786. The zero-order valence-electron chi connectivity index (χ0n) is 11.9. The largest absolute Gasteiger partial charge is 0.382 e. The molecule has 1 N–H and O–H groups in total. The molecule has 0 saturated carbocycles. The fourth-order valence-electron chi connectivity index (χ4n) is 3.42. The van der Waals surface area contributed by atoms with E-state index in [0.717, 1.165) is 6.42 Å². The normalized spacial score (nSPS) is 25.5. The Morgan fingerprint density at radius 2 is 1.79 bits per heavy atom. The number of aryl methyl sites for hydroxylation is 1. The average Bonchev–Trinajstić information content (AvgIpc) is 2.41. The van der Waals surface area contributed by atoms with E-state index in [1.165, 1.54) is 22.4 Å². The first-order chi connectivity index (χ1) is 9.11. The predicted molar refractivity (Wildman–Crippen MR) is 81.8 cm³/mol. The van der Waals surface area contributed by atoms with E-state index in [9.17, 15) is 0 Å². The minimum absolute atomic E-state index is 0.104. The summed E-state index contributed by atoms with van der Waals surface area (Å²) in [5.74, 6) is 0. The van der Waals surface area contributed by atoms with Crippen molar-refractivity contribution in [1.82, 2.24) is 0 Å². The van der Waals surface area contributed by atoms with Crippen molar-refractivity contribution < 1.29 is 0 Å². The second kappa shape index (κ2) is 4.41. The van der Waals surface area contributed by atoms with Crippen LogP contribution in [0.5, 0.6) is 0 Å². The van der Waals surface area contributed by atoms with Crippen LogP contribution in [-0.4, -0.2) is 6.04 Å². The van der Waals surface area contributed by atoms with Crippen molar-refractivity contribution in [2.75, 3.05) is 5.32 Å². The van der Waals surface area contributed by atoms with Crippen molar-refractivity contribution in [2.45, 2.75) is 38.6 Å². The monoisotopic (exact) mass is 251 g/mol. The molecule has 0 amide bonds. The lowest BCUT2D eigenvalue weighted by molar-refractivity contribution is 0.467. The molecule has 0 aliphatic carbocycles. The molecule has 0 radical (unpaired) electrons. The number of para-hydroxylation sites is 1. The second-order valence-corrected chi connectivity index (χ2v) is 5.95. The average molecular weight is 251 g/mol. The van der Waals surface area contributed by atoms with Crippen LogP contribution in [0.4, 0.5) is 5.69 Å². The van der Waals surface area contributed by atoms with Gasteiger partial charge >= 0.3 is 0 Å². The maximum Gasteiger partial charge on any atom is 0.0413 e. The molecule has 3 rings (SSSR count). The molecular weight excluding hydrogens is 230 g/mol. The summed E-state index contributed by atoms with van der Waals surface area (Å²) in [6.45, 7) is 6.84. The number of nitrogens with one attached hydrogen (secondary N) is 1. The standard InChI is InChI=1S/C18H21N/c1-13-8-7-11-16-17(13)19-14(2)12-18(16,3)15-9-5-4-6-10-15/h4-11,14,19H,12H2,1-3H3. The Morgan fingerprint density at radius 1 is 1.05 bits per heavy atom. The third kappa shape index (κ3) is 1.94. The lowest BCUT2D eigenvalue weighted by atomic mass is 9.69. The van der Waals surface area contributed by atoms with E-state index in [4.69, 9.17) is 0 Å². The lowest BCUT2D eigenvalue weighted by Crippen LogP contribution is -2.37. The Morgan fingerprint density at radius 3 is 2.53 bits per heavy atom. The predicted octanol–water partition coefficient (Wildman–Crippen LogP) is 4.51. The molecule has 1 heteroatoms. The molecule has 98 valence electrons. The van der Waals surface area contributed by atoms with Gasteiger partial charge in [0.1, 0.15) is 0 Å². The van der Waals surface area contributed by atoms with E-state index in [0.29, 0.717) is 6.04 Å². The molecular formula is C18H21N. The van der Waals surface area contributed by atoms with E-state index < -0.39 is 0 Å². The van der Waals surface area contributed by atoms with Crippen LogP contribution in [0.3, 0.4) is 0 Å². The molecule has 1 nitrogen and oxygen atoms in total. The van der Waals surface area contributed by atoms with Gasteiger partial charge in [0.05, 0.1) is 0 Å². The molecule has 1 aliphatic heterocycles. The fourth-order valence-corrected chi connectivity index (χ4v) is 3.42. The third-order valence-corrected chi connectivity index (χ3v) is 4.38. The van der Waals surface area contributed by atoms with Gasteiger partial charge in [-0.1, -0.05) is 55.5 Å². The molecule has 2 aromatic rings. The summed E-state index contributed by atoms with van der Waals surface area (Å²) in [6.07, 6.45) is 1.13.